The van der Waals surface area contributed by atoms with E-state index >= 15 is 0 Å². The highest BCUT2D eigenvalue weighted by atomic mass is 31.1. The molecule has 80 valence electrons. The number of carbonyl (C=O) groups excluding carboxylic acids is 1. The molecule has 0 radical (unpaired) electrons. The minimum Gasteiger partial charge on any atom is -0.289 e. The Morgan fingerprint density at radius 3 is 2.40 bits per heavy atom. The molecule has 2 rings (SSSR count). The summed E-state index contributed by atoms with van der Waals surface area (Å²) in [4.78, 5) is 11.9. The third-order valence-electron chi connectivity index (χ3n) is 2.98. The van der Waals surface area contributed by atoms with Gasteiger partial charge in [0.15, 0.2) is 5.52 Å². The molecule has 0 aromatic heterocycles. The topological polar surface area (TPSA) is 17.1 Å². The molecule has 1 unspecified atom stereocenters. The van der Waals surface area contributed by atoms with Crippen LogP contribution in [0.4, 0.5) is 0 Å². The van der Waals surface area contributed by atoms with Crippen LogP contribution >= 0.6 is 8.58 Å². The summed E-state index contributed by atoms with van der Waals surface area (Å²) in [7, 11) is 0.494. The van der Waals surface area contributed by atoms with Crippen molar-refractivity contribution in [2.24, 2.45) is 0 Å². The van der Waals surface area contributed by atoms with Crippen LogP contribution < -0.4 is 0 Å². The van der Waals surface area contributed by atoms with Crippen LogP contribution in [0, 0.1) is 0 Å². The van der Waals surface area contributed by atoms with E-state index in [2.05, 4.69) is 0 Å². The lowest BCUT2D eigenvalue weighted by atomic mass is 10.0. The van der Waals surface area contributed by atoms with E-state index in [-0.39, 0.29) is 0 Å². The second-order valence-corrected chi connectivity index (χ2v) is 5.73. The molecule has 1 saturated carbocycles. The molecule has 1 nitrogen and oxygen atoms in total. The van der Waals surface area contributed by atoms with Crippen LogP contribution in [0.25, 0.3) is 0 Å². The first-order valence-electron chi connectivity index (χ1n) is 5.72. The number of rotatable bonds is 3. The van der Waals surface area contributed by atoms with E-state index in [1.54, 1.807) is 0 Å². The van der Waals surface area contributed by atoms with Gasteiger partial charge in [-0.2, -0.15) is 0 Å². The average Bonchev–Trinajstić information content (AvgIpc) is 2.31. The van der Waals surface area contributed by atoms with Crippen molar-refractivity contribution >= 4 is 14.1 Å². The highest BCUT2D eigenvalue weighted by Crippen LogP contribution is 2.34. The smallest absolute Gasteiger partial charge is 0.181 e. The van der Waals surface area contributed by atoms with Crippen molar-refractivity contribution < 1.29 is 4.79 Å². The lowest BCUT2D eigenvalue weighted by molar-refractivity contribution is 0.108. The summed E-state index contributed by atoms with van der Waals surface area (Å²) in [6.45, 7) is 0. The summed E-state index contributed by atoms with van der Waals surface area (Å²) < 4.78 is 0. The highest BCUT2D eigenvalue weighted by Gasteiger charge is 2.17. The Bertz CT molecular complexity index is 315. The number of hydrogen-bond donors (Lipinski definition) is 0. The standard InChI is InChI=1S/C13H17OP/c14-13(11-7-3-1-4-8-11)15-12-9-5-2-6-10-12/h1,3-4,7-8,12,15H,2,5-6,9-10H2. The molecular formula is C13H17OP. The summed E-state index contributed by atoms with van der Waals surface area (Å²) in [5, 5.41) is 0. The number of hydrogen-bond acceptors (Lipinski definition) is 1. The molecule has 0 heterocycles. The Kier molecular flexibility index (Phi) is 3.91. The number of benzene rings is 1. The summed E-state index contributed by atoms with van der Waals surface area (Å²) in [5.41, 5.74) is 1.91. The van der Waals surface area contributed by atoms with Crippen molar-refractivity contribution in [3.05, 3.63) is 35.9 Å². The van der Waals surface area contributed by atoms with Crippen molar-refractivity contribution in [1.82, 2.24) is 0 Å². The first-order chi connectivity index (χ1) is 7.36. The zero-order valence-corrected chi connectivity index (χ0v) is 9.91. The quantitative estimate of drug-likeness (QED) is 0.707. The van der Waals surface area contributed by atoms with E-state index in [1.165, 1.54) is 32.1 Å². The summed E-state index contributed by atoms with van der Waals surface area (Å²) >= 11 is 0. The van der Waals surface area contributed by atoms with E-state index in [0.29, 0.717) is 19.8 Å². The van der Waals surface area contributed by atoms with Crippen LogP contribution in [0.2, 0.25) is 0 Å². The monoisotopic (exact) mass is 220 g/mol. The summed E-state index contributed by atoms with van der Waals surface area (Å²) in [6, 6.07) is 9.70. The minimum atomic E-state index is 0.350. The fourth-order valence-corrected chi connectivity index (χ4v) is 3.51. The van der Waals surface area contributed by atoms with Gasteiger partial charge in [-0.1, -0.05) is 49.6 Å². The van der Waals surface area contributed by atoms with Crippen molar-refractivity contribution in [3.63, 3.8) is 0 Å². The fraction of sp³-hybridized carbons (Fsp3) is 0.462. The van der Waals surface area contributed by atoms with Gasteiger partial charge in [-0.05, 0) is 27.1 Å². The molecule has 2 heteroatoms. The Labute approximate surface area is 93.1 Å². The fourth-order valence-electron chi connectivity index (χ4n) is 2.11. The van der Waals surface area contributed by atoms with Gasteiger partial charge in [-0.15, -0.1) is 0 Å². The molecule has 0 bridgehead atoms. The summed E-state index contributed by atoms with van der Waals surface area (Å²) in [5.74, 6) is 0. The van der Waals surface area contributed by atoms with E-state index < -0.39 is 0 Å². The molecule has 1 aromatic rings. The highest BCUT2D eigenvalue weighted by molar-refractivity contribution is 7.59. The normalized spacial score (nSPS) is 18.4. The molecule has 1 atom stereocenters. The predicted octanol–water partition coefficient (Wildman–Crippen LogP) is 3.84. The maximum atomic E-state index is 11.9. The average molecular weight is 220 g/mol. The molecule has 1 aliphatic carbocycles. The molecule has 1 fully saturated rings. The largest absolute Gasteiger partial charge is 0.289 e. The SMILES string of the molecule is O=C(PC1CCCCC1)c1ccccc1. The molecular weight excluding hydrogens is 203 g/mol. The van der Waals surface area contributed by atoms with Crippen molar-refractivity contribution in [3.8, 4) is 0 Å². The van der Waals surface area contributed by atoms with Gasteiger partial charge in [0.1, 0.15) is 0 Å². The van der Waals surface area contributed by atoms with E-state index in [1.807, 2.05) is 30.3 Å². The Morgan fingerprint density at radius 1 is 1.07 bits per heavy atom. The maximum absolute atomic E-state index is 11.9. The van der Waals surface area contributed by atoms with Crippen molar-refractivity contribution in [2.75, 3.05) is 0 Å². The second-order valence-electron chi connectivity index (χ2n) is 4.17. The van der Waals surface area contributed by atoms with Gasteiger partial charge >= 0.3 is 0 Å². The third-order valence-corrected chi connectivity index (χ3v) is 4.51. The predicted molar refractivity (Wildman–Crippen MR) is 66.0 cm³/mol. The Hall–Kier alpha value is -0.680. The molecule has 0 spiro atoms. The van der Waals surface area contributed by atoms with Gasteiger partial charge in [0.05, 0.1) is 0 Å². The van der Waals surface area contributed by atoms with Crippen LogP contribution in [0.15, 0.2) is 30.3 Å². The van der Waals surface area contributed by atoms with Gasteiger partial charge in [-0.3, -0.25) is 4.79 Å². The second kappa shape index (κ2) is 5.42. The Morgan fingerprint density at radius 2 is 1.73 bits per heavy atom. The molecule has 0 saturated heterocycles. The Balaban J connectivity index is 1.91. The molecule has 0 N–H and O–H groups in total. The minimum absolute atomic E-state index is 0.350. The van der Waals surface area contributed by atoms with Gasteiger partial charge in [0.2, 0.25) is 0 Å². The molecule has 1 aromatic carbocycles. The van der Waals surface area contributed by atoms with Crippen LogP contribution in [0.5, 0.6) is 0 Å². The summed E-state index contributed by atoms with van der Waals surface area (Å²) in [6.07, 6.45) is 6.52. The van der Waals surface area contributed by atoms with Gasteiger partial charge < -0.3 is 0 Å². The first kappa shape index (κ1) is 10.8. The van der Waals surface area contributed by atoms with E-state index in [4.69, 9.17) is 0 Å². The van der Waals surface area contributed by atoms with Crippen LogP contribution in [0.1, 0.15) is 42.5 Å². The molecule has 15 heavy (non-hydrogen) atoms. The van der Waals surface area contributed by atoms with Crippen LogP contribution in [0.3, 0.4) is 0 Å². The number of carbonyl (C=O) groups is 1. The van der Waals surface area contributed by atoms with Gasteiger partial charge in [0, 0.05) is 5.56 Å². The van der Waals surface area contributed by atoms with E-state index in [9.17, 15) is 4.79 Å². The van der Waals surface area contributed by atoms with Crippen LogP contribution in [-0.4, -0.2) is 11.2 Å². The maximum Gasteiger partial charge on any atom is 0.181 e. The van der Waals surface area contributed by atoms with Crippen molar-refractivity contribution in [1.29, 1.82) is 0 Å². The molecule has 1 aliphatic rings. The molecule has 0 amide bonds. The first-order valence-corrected chi connectivity index (χ1v) is 6.80. The lowest BCUT2D eigenvalue weighted by Gasteiger charge is -2.20. The molecule has 0 aliphatic heterocycles. The third kappa shape index (κ3) is 3.14. The van der Waals surface area contributed by atoms with Gasteiger partial charge in [0.25, 0.3) is 0 Å². The van der Waals surface area contributed by atoms with Crippen LogP contribution in [-0.2, 0) is 0 Å². The van der Waals surface area contributed by atoms with E-state index in [0.717, 1.165) is 5.56 Å². The van der Waals surface area contributed by atoms with Gasteiger partial charge in [-0.25, -0.2) is 0 Å². The lowest BCUT2D eigenvalue weighted by Crippen LogP contribution is -2.09. The van der Waals surface area contributed by atoms with Crippen molar-refractivity contribution in [2.45, 2.75) is 37.8 Å². The zero-order valence-electron chi connectivity index (χ0n) is 8.91. The zero-order chi connectivity index (χ0) is 10.5.